The van der Waals surface area contributed by atoms with Crippen LogP contribution < -0.4 is 5.32 Å². The lowest BCUT2D eigenvalue weighted by molar-refractivity contribution is 0.485. The first-order valence-corrected chi connectivity index (χ1v) is 9.57. The van der Waals surface area contributed by atoms with Crippen molar-refractivity contribution in [3.05, 3.63) is 100 Å². The van der Waals surface area contributed by atoms with Gasteiger partial charge in [0.25, 0.3) is 0 Å². The molecule has 6 heteroatoms. The maximum Gasteiger partial charge on any atom is 0.247 e. The Kier molecular flexibility index (Phi) is 5.21. The van der Waals surface area contributed by atoms with Crippen LogP contribution in [0.5, 0.6) is 0 Å². The summed E-state index contributed by atoms with van der Waals surface area (Å²) in [6.07, 6.45) is 0. The molecule has 0 spiro atoms. The minimum atomic E-state index is -0.619. The summed E-state index contributed by atoms with van der Waals surface area (Å²) in [7, 11) is 0. The van der Waals surface area contributed by atoms with E-state index < -0.39 is 6.04 Å². The van der Waals surface area contributed by atoms with Crippen molar-refractivity contribution in [2.24, 2.45) is 0 Å². The van der Waals surface area contributed by atoms with Crippen molar-refractivity contribution < 1.29 is 8.81 Å². The highest BCUT2D eigenvalue weighted by atomic mass is 79.9. The zero-order valence-corrected chi connectivity index (χ0v) is 16.7. The minimum Gasteiger partial charge on any atom is -0.418 e. The van der Waals surface area contributed by atoms with E-state index in [9.17, 15) is 4.39 Å². The first-order chi connectivity index (χ1) is 13.6. The Balaban J connectivity index is 1.74. The molecule has 4 aromatic rings. The highest BCUT2D eigenvalue weighted by molar-refractivity contribution is 9.10. The molecule has 1 N–H and O–H groups in total. The number of aromatic nitrogens is 2. The highest BCUT2D eigenvalue weighted by Gasteiger charge is 2.24. The maximum atomic E-state index is 14.6. The fourth-order valence-corrected chi connectivity index (χ4v) is 3.18. The SMILES string of the molecule is Cc1cc(N[C@@H](c2nnc(-c3ccccc3)o2)c2ccccc2F)ccc1Br. The van der Waals surface area contributed by atoms with Gasteiger partial charge in [-0.2, -0.15) is 0 Å². The number of hydrogen-bond acceptors (Lipinski definition) is 4. The van der Waals surface area contributed by atoms with Gasteiger partial charge in [-0.15, -0.1) is 10.2 Å². The first kappa shape index (κ1) is 18.4. The molecule has 4 nitrogen and oxygen atoms in total. The molecule has 28 heavy (non-hydrogen) atoms. The zero-order chi connectivity index (χ0) is 19.5. The standard InChI is InChI=1S/C22H17BrFN3O/c1-14-13-16(11-12-18(14)23)25-20(17-9-5-6-10-19(17)24)22-27-26-21(28-22)15-7-3-2-4-8-15/h2-13,20,25H,1H3/t20-/m1/s1. The Morgan fingerprint density at radius 2 is 1.71 bits per heavy atom. The van der Waals surface area contributed by atoms with Gasteiger partial charge in [0.05, 0.1) is 0 Å². The first-order valence-electron chi connectivity index (χ1n) is 8.78. The van der Waals surface area contributed by atoms with E-state index in [4.69, 9.17) is 4.42 Å². The van der Waals surface area contributed by atoms with Gasteiger partial charge in [0.15, 0.2) is 0 Å². The Bertz CT molecular complexity index is 1100. The second kappa shape index (κ2) is 7.94. The number of benzene rings is 3. The summed E-state index contributed by atoms with van der Waals surface area (Å²) in [6.45, 7) is 1.99. The van der Waals surface area contributed by atoms with E-state index in [0.717, 1.165) is 21.3 Å². The van der Waals surface area contributed by atoms with Crippen molar-refractivity contribution in [2.45, 2.75) is 13.0 Å². The molecule has 0 saturated carbocycles. The Labute approximate surface area is 170 Å². The molecule has 140 valence electrons. The molecule has 0 saturated heterocycles. The predicted molar refractivity (Wildman–Crippen MR) is 110 cm³/mol. The third kappa shape index (κ3) is 3.82. The van der Waals surface area contributed by atoms with Crippen molar-refractivity contribution in [3.63, 3.8) is 0 Å². The summed E-state index contributed by atoms with van der Waals surface area (Å²) >= 11 is 3.50. The predicted octanol–water partition coefficient (Wildman–Crippen LogP) is 6.15. The number of nitrogens with one attached hydrogen (secondary N) is 1. The van der Waals surface area contributed by atoms with Gasteiger partial charge in [-0.1, -0.05) is 52.3 Å². The van der Waals surface area contributed by atoms with Crippen LogP contribution in [0.4, 0.5) is 10.1 Å². The third-order valence-electron chi connectivity index (χ3n) is 4.39. The van der Waals surface area contributed by atoms with Crippen molar-refractivity contribution in [3.8, 4) is 11.5 Å². The van der Waals surface area contributed by atoms with Crippen LogP contribution in [0.15, 0.2) is 81.7 Å². The van der Waals surface area contributed by atoms with Crippen LogP contribution in [0.25, 0.3) is 11.5 Å². The summed E-state index contributed by atoms with van der Waals surface area (Å²) in [5.41, 5.74) is 3.14. The quantitative estimate of drug-likeness (QED) is 0.406. The van der Waals surface area contributed by atoms with Crippen molar-refractivity contribution in [1.29, 1.82) is 0 Å². The molecule has 3 aromatic carbocycles. The number of nitrogens with zero attached hydrogens (tertiary/aromatic N) is 2. The van der Waals surface area contributed by atoms with E-state index in [0.29, 0.717) is 17.3 Å². The average Bonchev–Trinajstić information content (AvgIpc) is 3.20. The van der Waals surface area contributed by atoms with Crippen LogP contribution >= 0.6 is 15.9 Å². The van der Waals surface area contributed by atoms with Gasteiger partial charge in [-0.3, -0.25) is 0 Å². The minimum absolute atomic E-state index is 0.296. The molecular weight excluding hydrogens is 421 g/mol. The topological polar surface area (TPSA) is 51.0 Å². The van der Waals surface area contributed by atoms with E-state index in [1.54, 1.807) is 18.2 Å². The molecule has 0 radical (unpaired) electrons. The smallest absolute Gasteiger partial charge is 0.247 e. The molecule has 0 bridgehead atoms. The van der Waals surface area contributed by atoms with Gasteiger partial charge in [0, 0.05) is 21.3 Å². The van der Waals surface area contributed by atoms with Crippen LogP contribution in [0.1, 0.15) is 23.1 Å². The molecule has 0 fully saturated rings. The average molecular weight is 438 g/mol. The largest absolute Gasteiger partial charge is 0.418 e. The third-order valence-corrected chi connectivity index (χ3v) is 5.28. The second-order valence-corrected chi connectivity index (χ2v) is 7.23. The molecule has 1 heterocycles. The lowest BCUT2D eigenvalue weighted by Crippen LogP contribution is -2.14. The van der Waals surface area contributed by atoms with Crippen molar-refractivity contribution in [2.75, 3.05) is 5.32 Å². The number of halogens is 2. The fraction of sp³-hybridized carbons (Fsp3) is 0.0909. The van der Waals surface area contributed by atoms with E-state index in [-0.39, 0.29) is 5.82 Å². The van der Waals surface area contributed by atoms with Crippen LogP contribution in [0.3, 0.4) is 0 Å². The van der Waals surface area contributed by atoms with Gasteiger partial charge < -0.3 is 9.73 Å². The molecule has 1 atom stereocenters. The number of hydrogen-bond donors (Lipinski definition) is 1. The number of rotatable bonds is 5. The molecule has 0 unspecified atom stereocenters. The number of anilines is 1. The van der Waals surface area contributed by atoms with Gasteiger partial charge in [0.1, 0.15) is 11.9 Å². The zero-order valence-electron chi connectivity index (χ0n) is 15.1. The fourth-order valence-electron chi connectivity index (χ4n) is 2.93. The van der Waals surface area contributed by atoms with E-state index in [1.807, 2.05) is 55.5 Å². The maximum absolute atomic E-state index is 14.6. The summed E-state index contributed by atoms with van der Waals surface area (Å²) in [6, 6.07) is 21.3. The summed E-state index contributed by atoms with van der Waals surface area (Å²) in [5.74, 6) is 0.351. The van der Waals surface area contributed by atoms with Crippen LogP contribution in [-0.2, 0) is 0 Å². The van der Waals surface area contributed by atoms with Gasteiger partial charge in [-0.25, -0.2) is 4.39 Å². The lowest BCUT2D eigenvalue weighted by atomic mass is 10.1. The molecule has 0 aliphatic carbocycles. The normalized spacial score (nSPS) is 12.0. The van der Waals surface area contributed by atoms with Crippen LogP contribution in [0.2, 0.25) is 0 Å². The molecule has 0 aliphatic rings. The van der Waals surface area contributed by atoms with E-state index in [1.165, 1.54) is 6.07 Å². The summed E-state index contributed by atoms with van der Waals surface area (Å²) in [5, 5.41) is 11.7. The van der Waals surface area contributed by atoms with E-state index >= 15 is 0 Å². The Hall–Kier alpha value is -2.99. The second-order valence-electron chi connectivity index (χ2n) is 6.37. The highest BCUT2D eigenvalue weighted by Crippen LogP contribution is 2.31. The Morgan fingerprint density at radius 1 is 0.964 bits per heavy atom. The van der Waals surface area contributed by atoms with Gasteiger partial charge in [-0.05, 0) is 48.9 Å². The molecule has 1 aromatic heterocycles. The Morgan fingerprint density at radius 3 is 2.46 bits per heavy atom. The summed E-state index contributed by atoms with van der Waals surface area (Å²) in [4.78, 5) is 0. The van der Waals surface area contributed by atoms with Crippen molar-refractivity contribution in [1.82, 2.24) is 10.2 Å². The molecular formula is C22H17BrFN3O. The van der Waals surface area contributed by atoms with Gasteiger partial charge >= 0.3 is 0 Å². The monoisotopic (exact) mass is 437 g/mol. The number of aryl methyl sites for hydroxylation is 1. The van der Waals surface area contributed by atoms with Crippen LogP contribution in [-0.4, -0.2) is 10.2 Å². The molecule has 0 aliphatic heterocycles. The summed E-state index contributed by atoms with van der Waals surface area (Å²) < 4.78 is 21.5. The van der Waals surface area contributed by atoms with E-state index in [2.05, 4.69) is 31.4 Å². The molecule has 0 amide bonds. The molecule has 4 rings (SSSR count). The van der Waals surface area contributed by atoms with Crippen molar-refractivity contribution >= 4 is 21.6 Å². The van der Waals surface area contributed by atoms with Gasteiger partial charge in [0.2, 0.25) is 11.8 Å². The lowest BCUT2D eigenvalue weighted by Gasteiger charge is -2.18. The van der Waals surface area contributed by atoms with Crippen LogP contribution in [0, 0.1) is 12.7 Å².